The largest absolute Gasteiger partial charge is 0.756 e. The fourth-order valence-corrected chi connectivity index (χ4v) is 10.1. The standard InChI is InChI=1S/C58H119N2O6P/c1-6-8-10-12-14-16-18-20-22-24-26-27-28-29-30-31-32-34-35-37-39-41-43-45-47-49-51-57(61)56(55-66-67(63,64)65-54-53-60(3,4)5)59-58(62)52-50-48-46-44-42-40-38-36-33-25-23-21-19-17-15-13-11-9-7-2/h56-57,61H,6-55H2,1-5H3,(H-,59,62,63,64). The molecule has 0 saturated carbocycles. The van der Waals surface area contributed by atoms with Crippen molar-refractivity contribution >= 4 is 13.7 Å². The molecule has 0 aliphatic carbocycles. The quantitative estimate of drug-likeness (QED) is 0.0357. The van der Waals surface area contributed by atoms with Gasteiger partial charge in [-0.05, 0) is 12.8 Å². The predicted octanol–water partition coefficient (Wildman–Crippen LogP) is 17.4. The lowest BCUT2D eigenvalue weighted by Crippen LogP contribution is -2.46. The van der Waals surface area contributed by atoms with E-state index in [0.29, 0.717) is 23.9 Å². The molecule has 67 heavy (non-hydrogen) atoms. The van der Waals surface area contributed by atoms with Crippen LogP contribution in [0, 0.1) is 0 Å². The molecule has 0 aliphatic rings. The van der Waals surface area contributed by atoms with Gasteiger partial charge in [0, 0.05) is 6.42 Å². The molecule has 0 bridgehead atoms. The minimum absolute atomic E-state index is 0.0167. The number of quaternary nitrogens is 1. The second-order valence-corrected chi connectivity index (χ2v) is 23.5. The Morgan fingerprint density at radius 1 is 0.463 bits per heavy atom. The van der Waals surface area contributed by atoms with E-state index in [1.54, 1.807) is 0 Å². The van der Waals surface area contributed by atoms with Crippen LogP contribution >= 0.6 is 7.82 Å². The topological polar surface area (TPSA) is 108 Å². The lowest BCUT2D eigenvalue weighted by atomic mass is 10.0. The second-order valence-electron chi connectivity index (χ2n) is 22.1. The Morgan fingerprint density at radius 2 is 0.731 bits per heavy atom. The van der Waals surface area contributed by atoms with Crippen LogP contribution in [0.4, 0.5) is 0 Å². The third-order valence-corrected chi connectivity index (χ3v) is 15.1. The molecule has 0 aromatic carbocycles. The van der Waals surface area contributed by atoms with Gasteiger partial charge in [0.05, 0.1) is 39.9 Å². The molecule has 2 N–H and O–H groups in total. The average Bonchev–Trinajstić information content (AvgIpc) is 3.29. The lowest BCUT2D eigenvalue weighted by molar-refractivity contribution is -0.870. The summed E-state index contributed by atoms with van der Waals surface area (Å²) in [6.07, 6.45) is 59.9. The van der Waals surface area contributed by atoms with Crippen LogP contribution in [0.3, 0.4) is 0 Å². The number of likely N-dealkylation sites (N-methyl/N-ethyl adjacent to an activating group) is 1. The van der Waals surface area contributed by atoms with Gasteiger partial charge in [0.1, 0.15) is 13.2 Å². The number of amides is 1. The van der Waals surface area contributed by atoms with Crippen molar-refractivity contribution < 1.29 is 32.9 Å². The maximum absolute atomic E-state index is 13.0. The summed E-state index contributed by atoms with van der Waals surface area (Å²) in [6.45, 7) is 4.78. The van der Waals surface area contributed by atoms with Crippen LogP contribution in [0.5, 0.6) is 0 Å². The zero-order valence-corrected chi connectivity index (χ0v) is 46.8. The average molecular weight is 972 g/mol. The normalized spacial score (nSPS) is 13.8. The highest BCUT2D eigenvalue weighted by Crippen LogP contribution is 2.38. The van der Waals surface area contributed by atoms with E-state index in [1.165, 1.54) is 250 Å². The van der Waals surface area contributed by atoms with Crippen LogP contribution in [0.25, 0.3) is 0 Å². The summed E-state index contributed by atoms with van der Waals surface area (Å²) in [5.41, 5.74) is 0. The lowest BCUT2D eigenvalue weighted by Gasteiger charge is -2.30. The number of aliphatic hydroxyl groups excluding tert-OH is 1. The van der Waals surface area contributed by atoms with E-state index < -0.39 is 20.0 Å². The van der Waals surface area contributed by atoms with Crippen molar-refractivity contribution in [2.45, 2.75) is 328 Å². The Bertz CT molecular complexity index is 1060. The molecule has 0 radical (unpaired) electrons. The first-order valence-electron chi connectivity index (χ1n) is 29.9. The Morgan fingerprint density at radius 3 is 1.01 bits per heavy atom. The molecule has 0 aliphatic heterocycles. The fourth-order valence-electron chi connectivity index (χ4n) is 9.40. The number of nitrogens with zero attached hydrogens (tertiary/aromatic N) is 1. The van der Waals surface area contributed by atoms with Crippen LogP contribution in [0.15, 0.2) is 0 Å². The summed E-state index contributed by atoms with van der Waals surface area (Å²) in [7, 11) is 1.33. The molecule has 402 valence electrons. The first-order valence-corrected chi connectivity index (χ1v) is 31.3. The number of carbonyl (C=O) groups excluding carboxylic acids is 1. The van der Waals surface area contributed by atoms with E-state index in [4.69, 9.17) is 9.05 Å². The van der Waals surface area contributed by atoms with E-state index in [1.807, 2.05) is 21.1 Å². The number of phosphoric acid groups is 1. The van der Waals surface area contributed by atoms with Gasteiger partial charge in [-0.3, -0.25) is 9.36 Å². The SMILES string of the molecule is CCCCCCCCCCCCCCCCCCCCCCCCCCCCC(O)C(COP(=O)([O-])OCC[N+](C)(C)C)NC(=O)CCCCCCCCCCCCCCCCCCCCC. The van der Waals surface area contributed by atoms with Gasteiger partial charge in [0.2, 0.25) is 5.91 Å². The zero-order chi connectivity index (χ0) is 49.2. The van der Waals surface area contributed by atoms with Crippen LogP contribution in [0.1, 0.15) is 316 Å². The molecule has 0 spiro atoms. The molecule has 3 unspecified atom stereocenters. The summed E-state index contributed by atoms with van der Waals surface area (Å²) >= 11 is 0. The molecular weight excluding hydrogens is 852 g/mol. The van der Waals surface area contributed by atoms with E-state index in [2.05, 4.69) is 19.2 Å². The summed E-state index contributed by atoms with van der Waals surface area (Å²) in [4.78, 5) is 25.5. The van der Waals surface area contributed by atoms with Crippen molar-refractivity contribution in [2.75, 3.05) is 40.9 Å². The molecule has 0 aromatic rings. The molecule has 0 saturated heterocycles. The van der Waals surface area contributed by atoms with Gasteiger partial charge < -0.3 is 28.8 Å². The fraction of sp³-hybridized carbons (Fsp3) is 0.983. The van der Waals surface area contributed by atoms with Gasteiger partial charge in [-0.15, -0.1) is 0 Å². The monoisotopic (exact) mass is 971 g/mol. The molecular formula is C58H119N2O6P. The third kappa shape index (κ3) is 53.1. The van der Waals surface area contributed by atoms with Crippen LogP contribution in [-0.2, 0) is 18.4 Å². The highest BCUT2D eigenvalue weighted by Gasteiger charge is 2.24. The summed E-state index contributed by atoms with van der Waals surface area (Å²) in [6, 6.07) is -0.795. The second kappa shape index (κ2) is 50.4. The predicted molar refractivity (Wildman–Crippen MR) is 289 cm³/mol. The van der Waals surface area contributed by atoms with Gasteiger partial charge in [0.15, 0.2) is 0 Å². The highest BCUT2D eigenvalue weighted by atomic mass is 31.2. The van der Waals surface area contributed by atoms with E-state index in [9.17, 15) is 19.4 Å². The minimum Gasteiger partial charge on any atom is -0.756 e. The molecule has 9 heteroatoms. The zero-order valence-electron chi connectivity index (χ0n) is 45.9. The molecule has 3 atom stereocenters. The third-order valence-electron chi connectivity index (χ3n) is 14.1. The first-order chi connectivity index (χ1) is 32.5. The van der Waals surface area contributed by atoms with Gasteiger partial charge >= 0.3 is 0 Å². The maximum atomic E-state index is 13.0. The van der Waals surface area contributed by atoms with Crippen molar-refractivity contribution in [2.24, 2.45) is 0 Å². The van der Waals surface area contributed by atoms with Gasteiger partial charge in [0.25, 0.3) is 7.82 Å². The van der Waals surface area contributed by atoms with Crippen LogP contribution in [0.2, 0.25) is 0 Å². The number of carbonyl (C=O) groups is 1. The Balaban J connectivity index is 4.09. The number of aliphatic hydroxyl groups is 1. The van der Waals surface area contributed by atoms with Crippen LogP contribution < -0.4 is 10.2 Å². The number of hydrogen-bond donors (Lipinski definition) is 2. The van der Waals surface area contributed by atoms with E-state index in [-0.39, 0.29) is 19.1 Å². The maximum Gasteiger partial charge on any atom is 0.268 e. The van der Waals surface area contributed by atoms with Gasteiger partial charge in [-0.1, -0.05) is 296 Å². The molecule has 0 aromatic heterocycles. The van der Waals surface area contributed by atoms with Crippen molar-refractivity contribution in [3.8, 4) is 0 Å². The molecule has 8 nitrogen and oxygen atoms in total. The number of rotatable bonds is 56. The van der Waals surface area contributed by atoms with Crippen molar-refractivity contribution in [3.63, 3.8) is 0 Å². The summed E-state index contributed by atoms with van der Waals surface area (Å²) in [5.74, 6) is -0.156. The first kappa shape index (κ1) is 66.5. The number of hydrogen-bond acceptors (Lipinski definition) is 6. The van der Waals surface area contributed by atoms with Crippen molar-refractivity contribution in [1.29, 1.82) is 0 Å². The van der Waals surface area contributed by atoms with Gasteiger partial charge in [-0.2, -0.15) is 0 Å². The number of nitrogens with one attached hydrogen (secondary N) is 1. The molecule has 0 rings (SSSR count). The summed E-state index contributed by atoms with van der Waals surface area (Å²) in [5, 5.41) is 14.0. The molecule has 0 heterocycles. The van der Waals surface area contributed by atoms with E-state index in [0.717, 1.165) is 38.5 Å². The van der Waals surface area contributed by atoms with Gasteiger partial charge in [-0.25, -0.2) is 0 Å². The minimum atomic E-state index is -4.57. The van der Waals surface area contributed by atoms with E-state index >= 15 is 0 Å². The Hall–Kier alpha value is -0.500. The number of phosphoric ester groups is 1. The Kier molecular flexibility index (Phi) is 50.1. The van der Waals surface area contributed by atoms with Crippen molar-refractivity contribution in [1.82, 2.24) is 5.32 Å². The molecule has 0 fully saturated rings. The van der Waals surface area contributed by atoms with Crippen molar-refractivity contribution in [3.05, 3.63) is 0 Å². The highest BCUT2D eigenvalue weighted by molar-refractivity contribution is 7.45. The molecule has 1 amide bonds. The van der Waals surface area contributed by atoms with Crippen LogP contribution in [-0.4, -0.2) is 68.5 Å². The smallest absolute Gasteiger partial charge is 0.268 e. The number of unbranched alkanes of at least 4 members (excludes halogenated alkanes) is 43. The summed E-state index contributed by atoms with van der Waals surface area (Å²) < 4.78 is 23.4. The Labute approximate surface area is 419 Å².